The van der Waals surface area contributed by atoms with Crippen LogP contribution in [-0.2, 0) is 10.1 Å². The fourth-order valence-electron chi connectivity index (χ4n) is 2.62. The van der Waals surface area contributed by atoms with Gasteiger partial charge in [0.1, 0.15) is 5.69 Å². The van der Waals surface area contributed by atoms with Crippen molar-refractivity contribution in [2.45, 2.75) is 9.79 Å². The molecule has 1 heterocycles. The average Bonchev–Trinajstić information content (AvgIpc) is 2.46. The molecule has 3 nitrogen and oxygen atoms in total. The minimum absolute atomic E-state index is 0.424. The van der Waals surface area contributed by atoms with Crippen molar-refractivity contribution >= 4 is 43.5 Å². The van der Waals surface area contributed by atoms with E-state index in [0.29, 0.717) is 0 Å². The summed E-state index contributed by atoms with van der Waals surface area (Å²) in [5, 5.41) is 3.57. The van der Waals surface area contributed by atoms with Crippen LogP contribution < -0.4 is 15.1 Å². The van der Waals surface area contributed by atoms with E-state index in [1.54, 1.807) is 0 Å². The predicted octanol–water partition coefficient (Wildman–Crippen LogP) is 4.07. The highest BCUT2D eigenvalue weighted by Gasteiger charge is 2.37. The number of para-hydroxylation sites is 1. The lowest BCUT2D eigenvalue weighted by Crippen LogP contribution is -2.21. The van der Waals surface area contributed by atoms with E-state index in [2.05, 4.69) is 67.6 Å². The van der Waals surface area contributed by atoms with Crippen LogP contribution in [0, 0.1) is 0 Å². The smallest absolute Gasteiger partial charge is 0.206 e. The number of anilines is 4. The van der Waals surface area contributed by atoms with Crippen molar-refractivity contribution in [1.29, 1.82) is 0 Å². The Kier molecular flexibility index (Phi) is 3.68. The lowest BCUT2D eigenvalue weighted by molar-refractivity contribution is 1.07. The van der Waals surface area contributed by atoms with Crippen molar-refractivity contribution in [2.75, 3.05) is 43.3 Å². The zero-order valence-electron chi connectivity index (χ0n) is 12.6. The molecule has 1 aliphatic rings. The molecule has 1 N–H and O–H groups in total. The number of hydrogen-bond donors (Lipinski definition) is 1. The quantitative estimate of drug-likeness (QED) is 0.842. The number of nitrogens with one attached hydrogen (secondary N) is 1. The summed E-state index contributed by atoms with van der Waals surface area (Å²) in [6.07, 6.45) is 0. The van der Waals surface area contributed by atoms with Gasteiger partial charge in [-0.2, -0.15) is 0 Å². The molecule has 2 aromatic carbocycles. The van der Waals surface area contributed by atoms with Gasteiger partial charge in [0.2, 0.25) is 9.79 Å². The van der Waals surface area contributed by atoms with Crippen LogP contribution in [0.1, 0.15) is 0 Å². The van der Waals surface area contributed by atoms with Gasteiger partial charge < -0.3 is 15.1 Å². The molecule has 0 aromatic heterocycles. The molecule has 1 unspecified atom stereocenters. The first kappa shape index (κ1) is 14.4. The molecule has 3 rings (SSSR count). The van der Waals surface area contributed by atoms with Crippen LogP contribution in [-0.4, -0.2) is 28.2 Å². The molecule has 0 aliphatic carbocycles. The number of fused-ring (bicyclic) bond motifs is 2. The first-order valence-corrected chi connectivity index (χ1v) is 8.84. The van der Waals surface area contributed by atoms with Crippen LogP contribution in [0.5, 0.6) is 0 Å². The molecule has 0 radical (unpaired) electrons. The lowest BCUT2D eigenvalue weighted by Gasteiger charge is -2.28. The predicted molar refractivity (Wildman–Crippen MR) is 94.6 cm³/mol. The topological polar surface area (TPSA) is 18.5 Å². The Morgan fingerprint density at radius 1 is 0.905 bits per heavy atom. The zero-order valence-corrected chi connectivity index (χ0v) is 14.2. The van der Waals surface area contributed by atoms with Crippen LogP contribution in [0.25, 0.3) is 0 Å². The Bertz CT molecular complexity index is 685. The second kappa shape index (κ2) is 5.35. The fourth-order valence-corrected chi connectivity index (χ4v) is 4.68. The van der Waals surface area contributed by atoms with Gasteiger partial charge in [-0.05, 0) is 24.3 Å². The first-order chi connectivity index (χ1) is 10.0. The summed E-state index contributed by atoms with van der Waals surface area (Å²) in [4.78, 5) is 6.59. The highest BCUT2D eigenvalue weighted by Crippen LogP contribution is 2.49. The maximum atomic E-state index is 6.74. The van der Waals surface area contributed by atoms with E-state index >= 15 is 0 Å². The van der Waals surface area contributed by atoms with E-state index in [1.165, 1.54) is 11.4 Å². The highest BCUT2D eigenvalue weighted by molar-refractivity contribution is 8.18. The Balaban J connectivity index is 2.23. The molecule has 0 saturated carbocycles. The highest BCUT2D eigenvalue weighted by atomic mass is 35.7. The molecule has 0 bridgehead atoms. The number of benzene rings is 2. The van der Waals surface area contributed by atoms with E-state index in [4.69, 9.17) is 10.7 Å². The van der Waals surface area contributed by atoms with Crippen molar-refractivity contribution in [3.05, 3.63) is 36.4 Å². The van der Waals surface area contributed by atoms with Gasteiger partial charge in [-0.3, -0.25) is 0 Å². The van der Waals surface area contributed by atoms with Crippen LogP contribution in [0.15, 0.2) is 46.2 Å². The third kappa shape index (κ3) is 2.32. The van der Waals surface area contributed by atoms with Crippen molar-refractivity contribution in [2.24, 2.45) is 0 Å². The molecule has 5 heteroatoms. The summed E-state index contributed by atoms with van der Waals surface area (Å²) in [7, 11) is 14.6. The number of rotatable bonds is 2. The SMILES string of the molecule is CN(C)c1ccc2c(c1N(C)C)Nc1ccccc1[S+]2Cl. The van der Waals surface area contributed by atoms with Crippen molar-refractivity contribution in [3.8, 4) is 0 Å². The number of nitrogens with zero attached hydrogens (tertiary/aromatic N) is 2. The molecule has 21 heavy (non-hydrogen) atoms. The maximum absolute atomic E-state index is 6.74. The normalized spacial score (nSPS) is 15.8. The molecule has 2 aromatic rings. The van der Waals surface area contributed by atoms with Crippen LogP contribution >= 0.6 is 10.7 Å². The zero-order chi connectivity index (χ0) is 15.1. The van der Waals surface area contributed by atoms with Crippen LogP contribution in [0.2, 0.25) is 0 Å². The third-order valence-corrected chi connectivity index (χ3v) is 6.05. The monoisotopic (exact) mass is 320 g/mol. The Morgan fingerprint density at radius 2 is 1.62 bits per heavy atom. The van der Waals surface area contributed by atoms with Gasteiger partial charge in [0.05, 0.1) is 17.1 Å². The van der Waals surface area contributed by atoms with E-state index < -0.39 is 10.1 Å². The standard InChI is InChI=1S/C16H19ClN3S/c1-19(2)12-9-10-14-15(16(12)20(3)4)18-11-7-5-6-8-13(11)21(14)17/h5-10,18H,1-4H3/q+1. The maximum Gasteiger partial charge on any atom is 0.206 e. The average molecular weight is 321 g/mol. The summed E-state index contributed by atoms with van der Waals surface area (Å²) in [5.41, 5.74) is 4.56. The van der Waals surface area contributed by atoms with Gasteiger partial charge >= 0.3 is 0 Å². The summed E-state index contributed by atoms with van der Waals surface area (Å²) < 4.78 is 0. The number of hydrogen-bond acceptors (Lipinski definition) is 3. The fraction of sp³-hybridized carbons (Fsp3) is 0.250. The molecular weight excluding hydrogens is 302 g/mol. The van der Waals surface area contributed by atoms with E-state index in [9.17, 15) is 0 Å². The third-order valence-electron chi connectivity index (χ3n) is 3.58. The summed E-state index contributed by atoms with van der Waals surface area (Å²) in [6.45, 7) is 0. The van der Waals surface area contributed by atoms with Crippen molar-refractivity contribution in [3.63, 3.8) is 0 Å². The van der Waals surface area contributed by atoms with Gasteiger partial charge in [0, 0.05) is 28.2 Å². The molecular formula is C16H19ClN3S+. The molecule has 0 spiro atoms. The van der Waals surface area contributed by atoms with E-state index in [1.807, 2.05) is 12.1 Å². The summed E-state index contributed by atoms with van der Waals surface area (Å²) >= 11 is 0. The van der Waals surface area contributed by atoms with Gasteiger partial charge in [-0.1, -0.05) is 12.1 Å². The molecule has 0 amide bonds. The second-order valence-electron chi connectivity index (χ2n) is 5.47. The molecule has 0 saturated heterocycles. The molecule has 0 fully saturated rings. The minimum Gasteiger partial charge on any atom is -0.376 e. The van der Waals surface area contributed by atoms with Gasteiger partial charge in [-0.15, -0.1) is 0 Å². The number of halogens is 1. The largest absolute Gasteiger partial charge is 0.376 e. The summed E-state index contributed by atoms with van der Waals surface area (Å²) in [6, 6.07) is 12.5. The molecule has 1 atom stereocenters. The minimum atomic E-state index is -0.424. The Hall–Kier alpha value is -1.52. The molecule has 1 aliphatic heterocycles. The van der Waals surface area contributed by atoms with Crippen molar-refractivity contribution in [1.82, 2.24) is 0 Å². The Labute approximate surface area is 133 Å². The second-order valence-corrected chi connectivity index (χ2v) is 7.79. The van der Waals surface area contributed by atoms with Gasteiger partial charge in [0.15, 0.2) is 20.8 Å². The van der Waals surface area contributed by atoms with Crippen LogP contribution in [0.4, 0.5) is 22.7 Å². The van der Waals surface area contributed by atoms with Gasteiger partial charge in [0.25, 0.3) is 0 Å². The Morgan fingerprint density at radius 3 is 2.29 bits per heavy atom. The summed E-state index contributed by atoms with van der Waals surface area (Å²) in [5.74, 6) is 0. The first-order valence-electron chi connectivity index (χ1n) is 6.79. The van der Waals surface area contributed by atoms with Crippen LogP contribution in [0.3, 0.4) is 0 Å². The lowest BCUT2D eigenvalue weighted by atomic mass is 10.1. The van der Waals surface area contributed by atoms with E-state index in [0.717, 1.165) is 21.2 Å². The molecule has 110 valence electrons. The van der Waals surface area contributed by atoms with Crippen molar-refractivity contribution < 1.29 is 0 Å². The van der Waals surface area contributed by atoms with E-state index in [-0.39, 0.29) is 0 Å². The van der Waals surface area contributed by atoms with Gasteiger partial charge in [-0.25, -0.2) is 0 Å².